The summed E-state index contributed by atoms with van der Waals surface area (Å²) in [5.41, 5.74) is 7.47. The fourth-order valence-corrected chi connectivity index (χ4v) is 1.81. The molecule has 0 bridgehead atoms. The van der Waals surface area contributed by atoms with Crippen molar-refractivity contribution >= 4 is 17.5 Å². The van der Waals surface area contributed by atoms with Gasteiger partial charge in [0.1, 0.15) is 18.2 Å². The summed E-state index contributed by atoms with van der Waals surface area (Å²) in [6.45, 7) is 1.95. The van der Waals surface area contributed by atoms with E-state index in [4.69, 9.17) is 15.2 Å². The lowest BCUT2D eigenvalue weighted by Gasteiger charge is -2.11. The summed E-state index contributed by atoms with van der Waals surface area (Å²) in [5.74, 6) is 5.47. The molecule has 0 radical (unpaired) electrons. The highest BCUT2D eigenvalue weighted by Crippen LogP contribution is 2.25. The van der Waals surface area contributed by atoms with Gasteiger partial charge in [0.25, 0.3) is 0 Å². The first kappa shape index (κ1) is 17.2. The van der Waals surface area contributed by atoms with Crippen LogP contribution in [0.15, 0.2) is 42.5 Å². The number of hydrogen-bond acceptors (Lipinski definition) is 4. The molecule has 6 heteroatoms. The van der Waals surface area contributed by atoms with Gasteiger partial charge in [-0.3, -0.25) is 5.32 Å². The lowest BCUT2D eigenvalue weighted by molar-refractivity contribution is 0.176. The van der Waals surface area contributed by atoms with Crippen LogP contribution in [0.2, 0.25) is 0 Å². The van der Waals surface area contributed by atoms with E-state index in [-0.39, 0.29) is 19.0 Å². The van der Waals surface area contributed by atoms with Gasteiger partial charge in [0, 0.05) is 6.07 Å². The molecule has 0 unspecified atom stereocenters. The predicted octanol–water partition coefficient (Wildman–Crippen LogP) is 3.56. The van der Waals surface area contributed by atoms with Crippen LogP contribution in [0.3, 0.4) is 0 Å². The van der Waals surface area contributed by atoms with Crippen molar-refractivity contribution in [3.05, 3.63) is 53.8 Å². The van der Waals surface area contributed by atoms with Crippen molar-refractivity contribution in [2.45, 2.75) is 13.5 Å². The second-order valence-corrected chi connectivity index (χ2v) is 4.79. The molecule has 0 aliphatic rings. The van der Waals surface area contributed by atoms with E-state index in [1.807, 2.05) is 0 Å². The highest BCUT2D eigenvalue weighted by molar-refractivity contribution is 5.89. The number of nitrogen functional groups attached to an aromatic ring is 1. The van der Waals surface area contributed by atoms with E-state index >= 15 is 0 Å². The van der Waals surface area contributed by atoms with E-state index in [1.165, 1.54) is 12.1 Å². The average Bonchev–Trinajstić information content (AvgIpc) is 2.57. The maximum absolute atomic E-state index is 12.8. The van der Waals surface area contributed by atoms with Crippen LogP contribution in [0.1, 0.15) is 12.5 Å². The number of benzene rings is 2. The van der Waals surface area contributed by atoms with E-state index in [9.17, 15) is 9.18 Å². The third kappa shape index (κ3) is 5.21. The van der Waals surface area contributed by atoms with Crippen LogP contribution in [0.5, 0.6) is 5.75 Å². The number of halogens is 1. The molecule has 2 aromatic carbocycles. The number of carbonyl (C=O) groups excluding carboxylic acids is 1. The first-order valence-electron chi connectivity index (χ1n) is 7.18. The van der Waals surface area contributed by atoms with Gasteiger partial charge in [-0.15, -0.1) is 5.92 Å². The van der Waals surface area contributed by atoms with Crippen molar-refractivity contribution in [3.63, 3.8) is 0 Å². The molecule has 0 spiro atoms. The highest BCUT2D eigenvalue weighted by atomic mass is 19.1. The molecule has 0 aliphatic heterocycles. The van der Waals surface area contributed by atoms with Crippen LogP contribution in [-0.4, -0.2) is 12.7 Å². The first-order chi connectivity index (χ1) is 11.6. The van der Waals surface area contributed by atoms with Gasteiger partial charge in [-0.25, -0.2) is 9.18 Å². The normalized spacial score (nSPS) is 9.58. The maximum Gasteiger partial charge on any atom is 0.412 e. The van der Waals surface area contributed by atoms with Gasteiger partial charge in [-0.05, 0) is 36.8 Å². The monoisotopic (exact) mass is 328 g/mol. The van der Waals surface area contributed by atoms with Crippen molar-refractivity contribution in [1.29, 1.82) is 0 Å². The predicted molar refractivity (Wildman–Crippen MR) is 90.0 cm³/mol. The minimum atomic E-state index is -0.635. The summed E-state index contributed by atoms with van der Waals surface area (Å²) in [6, 6.07) is 10.9. The summed E-state index contributed by atoms with van der Waals surface area (Å²) in [4.78, 5) is 11.5. The lowest BCUT2D eigenvalue weighted by atomic mass is 10.2. The Balaban J connectivity index is 1.92. The largest absolute Gasteiger partial charge is 0.489 e. The Bertz CT molecular complexity index is 764. The summed E-state index contributed by atoms with van der Waals surface area (Å²) in [5, 5.41) is 2.53. The van der Waals surface area contributed by atoms with Crippen molar-refractivity contribution < 1.29 is 18.7 Å². The molecule has 0 fully saturated rings. The summed E-state index contributed by atoms with van der Waals surface area (Å²) < 4.78 is 23.3. The summed E-state index contributed by atoms with van der Waals surface area (Å²) >= 11 is 0. The Morgan fingerprint density at radius 3 is 2.67 bits per heavy atom. The van der Waals surface area contributed by atoms with E-state index in [0.29, 0.717) is 17.1 Å². The van der Waals surface area contributed by atoms with Crippen LogP contribution in [-0.2, 0) is 11.3 Å². The van der Waals surface area contributed by atoms with Crippen molar-refractivity contribution in [2.75, 3.05) is 17.7 Å². The molecule has 0 aromatic heterocycles. The van der Waals surface area contributed by atoms with Crippen LogP contribution in [0.25, 0.3) is 0 Å². The molecule has 1 amide bonds. The van der Waals surface area contributed by atoms with E-state index < -0.39 is 6.09 Å². The van der Waals surface area contributed by atoms with Gasteiger partial charge >= 0.3 is 6.09 Å². The molecule has 0 saturated heterocycles. The molecule has 0 saturated carbocycles. The van der Waals surface area contributed by atoms with E-state index in [0.717, 1.165) is 5.56 Å². The number of ether oxygens (including phenoxy) is 2. The molecule has 2 rings (SSSR count). The van der Waals surface area contributed by atoms with Gasteiger partial charge in [-0.1, -0.05) is 18.1 Å². The second-order valence-electron chi connectivity index (χ2n) is 4.79. The van der Waals surface area contributed by atoms with Gasteiger partial charge in [0.2, 0.25) is 0 Å². The smallest absolute Gasteiger partial charge is 0.412 e. The number of anilines is 2. The van der Waals surface area contributed by atoms with E-state index in [2.05, 4.69) is 17.2 Å². The third-order valence-electron chi connectivity index (χ3n) is 3.03. The molecule has 5 nitrogen and oxygen atoms in total. The number of rotatable bonds is 5. The molecular weight excluding hydrogens is 311 g/mol. The second kappa shape index (κ2) is 8.44. The zero-order valence-electron chi connectivity index (χ0n) is 13.1. The van der Waals surface area contributed by atoms with Crippen molar-refractivity contribution in [3.8, 4) is 17.6 Å². The molecular formula is C18H17FN2O3. The Labute approximate surface area is 139 Å². The SMILES string of the molecule is CC#CCOC(=O)Nc1ccc(OCc2ccc(F)cc2)cc1N. The molecule has 0 aliphatic carbocycles. The van der Waals surface area contributed by atoms with Crippen LogP contribution in [0.4, 0.5) is 20.6 Å². The molecule has 24 heavy (non-hydrogen) atoms. The quantitative estimate of drug-likeness (QED) is 0.650. The van der Waals surface area contributed by atoms with Gasteiger partial charge < -0.3 is 15.2 Å². The number of amides is 1. The van der Waals surface area contributed by atoms with Crippen LogP contribution in [0, 0.1) is 17.7 Å². The fourth-order valence-electron chi connectivity index (χ4n) is 1.81. The standard InChI is InChI=1S/C18H17FN2O3/c1-2-3-10-23-18(22)21-17-9-8-15(11-16(17)20)24-12-13-4-6-14(19)7-5-13/h4-9,11H,10,12,20H2,1H3,(H,21,22). The topological polar surface area (TPSA) is 73.6 Å². The Hall–Kier alpha value is -3.20. The Kier molecular flexibility index (Phi) is 6.03. The first-order valence-corrected chi connectivity index (χ1v) is 7.18. The minimum Gasteiger partial charge on any atom is -0.489 e. The van der Waals surface area contributed by atoms with Crippen LogP contribution < -0.4 is 15.8 Å². The summed E-state index contributed by atoms with van der Waals surface area (Å²) in [6.07, 6.45) is -0.635. The summed E-state index contributed by atoms with van der Waals surface area (Å²) in [7, 11) is 0. The highest BCUT2D eigenvalue weighted by Gasteiger charge is 2.07. The Morgan fingerprint density at radius 1 is 1.25 bits per heavy atom. The van der Waals surface area contributed by atoms with Crippen LogP contribution >= 0.6 is 0 Å². The van der Waals surface area contributed by atoms with Crippen molar-refractivity contribution in [2.24, 2.45) is 0 Å². The number of hydrogen-bond donors (Lipinski definition) is 2. The van der Waals surface area contributed by atoms with Gasteiger partial charge in [0.15, 0.2) is 6.61 Å². The van der Waals surface area contributed by atoms with Gasteiger partial charge in [-0.2, -0.15) is 0 Å². The Morgan fingerprint density at radius 2 is 2.00 bits per heavy atom. The zero-order valence-corrected chi connectivity index (χ0v) is 13.1. The van der Waals surface area contributed by atoms with Crippen molar-refractivity contribution in [1.82, 2.24) is 0 Å². The minimum absolute atomic E-state index is 0.0150. The molecule has 3 N–H and O–H groups in total. The average molecular weight is 328 g/mol. The van der Waals surface area contributed by atoms with E-state index in [1.54, 1.807) is 37.3 Å². The fraction of sp³-hybridized carbons (Fsp3) is 0.167. The maximum atomic E-state index is 12.8. The third-order valence-corrected chi connectivity index (χ3v) is 3.03. The molecule has 0 heterocycles. The molecule has 124 valence electrons. The van der Waals surface area contributed by atoms with Gasteiger partial charge in [0.05, 0.1) is 11.4 Å². The number of nitrogens with two attached hydrogens (primary N) is 1. The number of nitrogens with one attached hydrogen (secondary N) is 1. The molecule has 0 atom stereocenters. The number of carbonyl (C=O) groups is 1. The molecule has 2 aromatic rings. The lowest BCUT2D eigenvalue weighted by Crippen LogP contribution is -2.14. The zero-order chi connectivity index (χ0) is 17.4.